The number of nitrogens with two attached hydrogens (primary N) is 1. The molecule has 0 spiro atoms. The first-order chi connectivity index (χ1) is 10.1. The molecule has 0 aliphatic rings. The Hall–Kier alpha value is -2.31. The summed E-state index contributed by atoms with van der Waals surface area (Å²) in [5, 5.41) is 4.10. The van der Waals surface area contributed by atoms with Crippen LogP contribution in [0.1, 0.15) is 0 Å². The lowest BCUT2D eigenvalue weighted by molar-refractivity contribution is 0.977. The van der Waals surface area contributed by atoms with E-state index in [1.807, 2.05) is 0 Å². The number of nitrogen functional groups attached to an aromatic ring is 1. The Kier molecular flexibility index (Phi) is 3.64. The zero-order chi connectivity index (χ0) is 14.8. The summed E-state index contributed by atoms with van der Waals surface area (Å²) in [4.78, 5) is 12.3. The number of hydrogen-bond acceptors (Lipinski definition) is 5. The van der Waals surface area contributed by atoms with Crippen LogP contribution in [0.3, 0.4) is 0 Å². The first-order valence-electron chi connectivity index (χ1n) is 5.96. The normalized spacial score (nSPS) is 10.6. The van der Waals surface area contributed by atoms with Crippen LogP contribution in [0.4, 0.5) is 17.2 Å². The SMILES string of the molecule is Nc1c(Nc2ccc(Cl)cc2Cl)ncnc1-n1ccnc1. The highest BCUT2D eigenvalue weighted by Crippen LogP contribution is 2.30. The molecule has 0 aliphatic heterocycles. The van der Waals surface area contributed by atoms with Gasteiger partial charge in [-0.25, -0.2) is 15.0 Å². The van der Waals surface area contributed by atoms with Gasteiger partial charge in [0.2, 0.25) is 0 Å². The zero-order valence-corrected chi connectivity index (χ0v) is 12.2. The molecule has 0 saturated carbocycles. The number of nitrogens with zero attached hydrogens (tertiary/aromatic N) is 4. The molecule has 3 rings (SSSR count). The van der Waals surface area contributed by atoms with Crippen molar-refractivity contribution < 1.29 is 0 Å². The van der Waals surface area contributed by atoms with Crippen molar-refractivity contribution in [2.75, 3.05) is 11.1 Å². The number of rotatable bonds is 3. The molecule has 1 aromatic carbocycles. The van der Waals surface area contributed by atoms with Gasteiger partial charge in [-0.2, -0.15) is 0 Å². The molecule has 21 heavy (non-hydrogen) atoms. The quantitative estimate of drug-likeness (QED) is 0.773. The predicted molar refractivity (Wildman–Crippen MR) is 83.3 cm³/mol. The molecule has 0 unspecified atom stereocenters. The van der Waals surface area contributed by atoms with E-state index < -0.39 is 0 Å². The second-order valence-corrected chi connectivity index (χ2v) is 5.02. The monoisotopic (exact) mass is 320 g/mol. The van der Waals surface area contributed by atoms with E-state index in [-0.39, 0.29) is 0 Å². The fourth-order valence-corrected chi connectivity index (χ4v) is 2.25. The van der Waals surface area contributed by atoms with Crippen molar-refractivity contribution in [3.05, 3.63) is 53.3 Å². The highest BCUT2D eigenvalue weighted by atomic mass is 35.5. The maximum Gasteiger partial charge on any atom is 0.166 e. The third-order valence-corrected chi connectivity index (χ3v) is 3.34. The van der Waals surface area contributed by atoms with Gasteiger partial charge in [-0.3, -0.25) is 4.57 Å². The van der Waals surface area contributed by atoms with Crippen molar-refractivity contribution >= 4 is 40.4 Å². The van der Waals surface area contributed by atoms with Crippen molar-refractivity contribution in [1.29, 1.82) is 0 Å². The van der Waals surface area contributed by atoms with Crippen LogP contribution in [0.2, 0.25) is 10.0 Å². The van der Waals surface area contributed by atoms with E-state index in [0.717, 1.165) is 0 Å². The van der Waals surface area contributed by atoms with Gasteiger partial charge in [0.25, 0.3) is 0 Å². The summed E-state index contributed by atoms with van der Waals surface area (Å²) in [6.07, 6.45) is 6.41. The fraction of sp³-hybridized carbons (Fsp3) is 0. The molecule has 3 N–H and O–H groups in total. The summed E-state index contributed by atoms with van der Waals surface area (Å²) in [6.45, 7) is 0. The number of benzene rings is 1. The van der Waals surface area contributed by atoms with Crippen LogP contribution in [0.5, 0.6) is 0 Å². The molecular formula is C13H10Cl2N6. The van der Waals surface area contributed by atoms with Gasteiger partial charge in [-0.05, 0) is 18.2 Å². The Balaban J connectivity index is 1.98. The summed E-state index contributed by atoms with van der Waals surface area (Å²) in [7, 11) is 0. The molecule has 0 aliphatic carbocycles. The summed E-state index contributed by atoms with van der Waals surface area (Å²) in [6, 6.07) is 5.12. The molecule has 0 fully saturated rings. The van der Waals surface area contributed by atoms with Crippen LogP contribution in [0.25, 0.3) is 5.82 Å². The van der Waals surface area contributed by atoms with Crippen LogP contribution < -0.4 is 11.1 Å². The second-order valence-electron chi connectivity index (χ2n) is 4.18. The summed E-state index contributed by atoms with van der Waals surface area (Å²) in [5.74, 6) is 0.994. The van der Waals surface area contributed by atoms with Gasteiger partial charge in [-0.1, -0.05) is 23.2 Å². The number of halogens is 2. The first kappa shape index (κ1) is 13.7. The number of anilines is 3. The Labute approximate surface area is 130 Å². The lowest BCUT2D eigenvalue weighted by Gasteiger charge is -2.12. The molecular weight excluding hydrogens is 311 g/mol. The number of aromatic nitrogens is 4. The van der Waals surface area contributed by atoms with Gasteiger partial charge < -0.3 is 11.1 Å². The average molecular weight is 321 g/mol. The van der Waals surface area contributed by atoms with Crippen LogP contribution in [-0.4, -0.2) is 19.5 Å². The first-order valence-corrected chi connectivity index (χ1v) is 6.71. The van der Waals surface area contributed by atoms with Crippen LogP contribution in [-0.2, 0) is 0 Å². The zero-order valence-electron chi connectivity index (χ0n) is 10.7. The minimum absolute atomic E-state index is 0.390. The Morgan fingerprint density at radius 2 is 2.05 bits per heavy atom. The van der Waals surface area contributed by atoms with E-state index in [9.17, 15) is 0 Å². The largest absolute Gasteiger partial charge is 0.393 e. The third-order valence-electron chi connectivity index (χ3n) is 2.80. The molecule has 8 heteroatoms. The van der Waals surface area contributed by atoms with E-state index >= 15 is 0 Å². The van der Waals surface area contributed by atoms with Gasteiger partial charge in [-0.15, -0.1) is 0 Å². The predicted octanol–water partition coefficient (Wildman–Crippen LogP) is 3.29. The number of hydrogen-bond donors (Lipinski definition) is 2. The minimum atomic E-state index is 0.390. The van der Waals surface area contributed by atoms with E-state index in [0.29, 0.717) is 33.1 Å². The van der Waals surface area contributed by atoms with Crippen molar-refractivity contribution in [3.63, 3.8) is 0 Å². The molecule has 0 radical (unpaired) electrons. The fourth-order valence-electron chi connectivity index (χ4n) is 1.79. The van der Waals surface area contributed by atoms with Crippen molar-refractivity contribution in [2.24, 2.45) is 0 Å². The topological polar surface area (TPSA) is 81.6 Å². The summed E-state index contributed by atoms with van der Waals surface area (Å²) >= 11 is 12.0. The van der Waals surface area contributed by atoms with Crippen molar-refractivity contribution in [3.8, 4) is 5.82 Å². The molecule has 2 heterocycles. The average Bonchev–Trinajstić information content (AvgIpc) is 2.98. The smallest absolute Gasteiger partial charge is 0.166 e. The minimum Gasteiger partial charge on any atom is -0.393 e. The molecule has 0 atom stereocenters. The maximum absolute atomic E-state index is 6.12. The maximum atomic E-state index is 6.12. The van der Waals surface area contributed by atoms with E-state index in [1.54, 1.807) is 41.5 Å². The van der Waals surface area contributed by atoms with Gasteiger partial charge in [0.05, 0.1) is 10.7 Å². The number of nitrogens with one attached hydrogen (secondary N) is 1. The van der Waals surface area contributed by atoms with Gasteiger partial charge in [0, 0.05) is 17.4 Å². The van der Waals surface area contributed by atoms with Crippen LogP contribution >= 0.6 is 23.2 Å². The van der Waals surface area contributed by atoms with Crippen LogP contribution in [0, 0.1) is 0 Å². The number of imidazole rings is 1. The van der Waals surface area contributed by atoms with E-state index in [1.165, 1.54) is 6.33 Å². The molecule has 0 bridgehead atoms. The second kappa shape index (κ2) is 5.59. The van der Waals surface area contributed by atoms with Gasteiger partial charge >= 0.3 is 0 Å². The Morgan fingerprint density at radius 3 is 2.76 bits per heavy atom. The van der Waals surface area contributed by atoms with Crippen molar-refractivity contribution in [1.82, 2.24) is 19.5 Å². The molecule has 0 saturated heterocycles. The standard InChI is InChI=1S/C13H10Cl2N6/c14-8-1-2-10(9(15)5-8)20-12-11(16)13(19-6-18-12)21-4-3-17-7-21/h1-7H,16H2,(H,18,19,20). The molecule has 0 amide bonds. The lowest BCUT2D eigenvalue weighted by atomic mass is 10.3. The lowest BCUT2D eigenvalue weighted by Crippen LogP contribution is -2.06. The van der Waals surface area contributed by atoms with Gasteiger partial charge in [0.15, 0.2) is 11.6 Å². The van der Waals surface area contributed by atoms with E-state index in [2.05, 4.69) is 20.3 Å². The summed E-state index contributed by atoms with van der Waals surface area (Å²) < 4.78 is 1.70. The Morgan fingerprint density at radius 1 is 1.19 bits per heavy atom. The van der Waals surface area contributed by atoms with Crippen LogP contribution in [0.15, 0.2) is 43.2 Å². The highest BCUT2D eigenvalue weighted by Gasteiger charge is 2.11. The molecule has 106 valence electrons. The molecule has 2 aromatic heterocycles. The molecule has 3 aromatic rings. The summed E-state index contributed by atoms with van der Waals surface area (Å²) in [5.41, 5.74) is 7.14. The van der Waals surface area contributed by atoms with Crippen molar-refractivity contribution in [2.45, 2.75) is 0 Å². The Bertz CT molecular complexity index is 772. The highest BCUT2D eigenvalue weighted by molar-refractivity contribution is 6.36. The van der Waals surface area contributed by atoms with Gasteiger partial charge in [0.1, 0.15) is 18.3 Å². The molecule has 6 nitrogen and oxygen atoms in total. The van der Waals surface area contributed by atoms with E-state index in [4.69, 9.17) is 28.9 Å². The third kappa shape index (κ3) is 2.76.